The van der Waals surface area contributed by atoms with Gasteiger partial charge in [-0.25, -0.2) is 0 Å². The van der Waals surface area contributed by atoms with Crippen molar-refractivity contribution in [3.8, 4) is 0 Å². The highest BCUT2D eigenvalue weighted by molar-refractivity contribution is 7.11. The summed E-state index contributed by atoms with van der Waals surface area (Å²) in [4.78, 5) is 2.72. The number of nitrogens with zero attached hydrogens (tertiary/aromatic N) is 1. The largest absolute Gasteiger partial charge is 0.360 e. The van der Waals surface area contributed by atoms with Crippen LogP contribution in [-0.4, -0.2) is 18.2 Å². The quantitative estimate of drug-likeness (QED) is 0.889. The van der Waals surface area contributed by atoms with Gasteiger partial charge in [0.1, 0.15) is 0 Å². The molecule has 3 heterocycles. The molecule has 2 N–H and O–H groups in total. The lowest BCUT2D eigenvalue weighted by Crippen LogP contribution is -2.26. The highest BCUT2D eigenvalue weighted by Crippen LogP contribution is 2.24. The zero-order valence-electron chi connectivity index (χ0n) is 11.8. The van der Waals surface area contributed by atoms with Crippen molar-refractivity contribution in [2.75, 3.05) is 13.1 Å². The summed E-state index contributed by atoms with van der Waals surface area (Å²) < 4.78 is 5.43. The molecule has 108 valence electrons. The van der Waals surface area contributed by atoms with Gasteiger partial charge in [-0.2, -0.15) is 0 Å². The van der Waals surface area contributed by atoms with Crippen LogP contribution >= 0.6 is 11.3 Å². The second-order valence-electron chi connectivity index (χ2n) is 5.36. The summed E-state index contributed by atoms with van der Waals surface area (Å²) in [6.07, 6.45) is 2.32. The van der Waals surface area contributed by atoms with E-state index in [1.165, 1.54) is 9.75 Å². The molecule has 1 saturated heterocycles. The predicted molar refractivity (Wildman–Crippen MR) is 80.9 cm³/mol. The lowest BCUT2D eigenvalue weighted by atomic mass is 9.95. The summed E-state index contributed by atoms with van der Waals surface area (Å²) in [5, 5.41) is 11.0. The number of hydrogen-bond acceptors (Lipinski definition) is 5. The molecule has 1 aliphatic rings. The minimum atomic E-state index is 0.564. The summed E-state index contributed by atoms with van der Waals surface area (Å²) in [6, 6.07) is 6.45. The Kier molecular flexibility index (Phi) is 4.50. The van der Waals surface area contributed by atoms with Gasteiger partial charge in [0, 0.05) is 28.3 Å². The summed E-state index contributed by atoms with van der Waals surface area (Å²) in [5.74, 6) is 1.50. The normalized spacial score (nSPS) is 16.6. The Morgan fingerprint density at radius 1 is 1.35 bits per heavy atom. The van der Waals surface area contributed by atoms with Crippen LogP contribution in [0.2, 0.25) is 0 Å². The predicted octanol–water partition coefficient (Wildman–Crippen LogP) is 2.80. The van der Waals surface area contributed by atoms with E-state index in [9.17, 15) is 0 Å². The Labute approximate surface area is 123 Å². The highest BCUT2D eigenvalue weighted by atomic mass is 32.1. The second-order valence-corrected chi connectivity index (χ2v) is 6.73. The van der Waals surface area contributed by atoms with E-state index < -0.39 is 0 Å². The van der Waals surface area contributed by atoms with Crippen molar-refractivity contribution in [3.05, 3.63) is 39.4 Å². The second kappa shape index (κ2) is 6.52. The Balaban J connectivity index is 1.49. The van der Waals surface area contributed by atoms with Crippen molar-refractivity contribution in [3.63, 3.8) is 0 Å². The van der Waals surface area contributed by atoms with Crippen LogP contribution in [0.25, 0.3) is 0 Å². The van der Waals surface area contributed by atoms with Crippen LogP contribution in [0.1, 0.15) is 40.0 Å². The highest BCUT2D eigenvalue weighted by Gasteiger charge is 2.18. The van der Waals surface area contributed by atoms with Crippen molar-refractivity contribution in [2.45, 2.75) is 38.8 Å². The Hall–Kier alpha value is -1.17. The van der Waals surface area contributed by atoms with E-state index in [4.69, 9.17) is 4.52 Å². The van der Waals surface area contributed by atoms with Crippen molar-refractivity contribution < 1.29 is 4.52 Å². The van der Waals surface area contributed by atoms with Gasteiger partial charge in [-0.05, 0) is 45.0 Å². The number of hydrogen-bond donors (Lipinski definition) is 2. The standard InChI is InChI=1S/C15H21N3OS/c1-11-2-3-14(20-11)10-17-9-13-8-15(18-19-13)12-4-6-16-7-5-12/h2-3,8,12,16-17H,4-7,9-10H2,1H3. The van der Waals surface area contributed by atoms with Crippen molar-refractivity contribution in [2.24, 2.45) is 0 Å². The third-order valence-corrected chi connectivity index (χ3v) is 4.73. The topological polar surface area (TPSA) is 50.1 Å². The van der Waals surface area contributed by atoms with Gasteiger partial charge in [0.2, 0.25) is 0 Å². The molecule has 0 amide bonds. The van der Waals surface area contributed by atoms with Crippen LogP contribution in [0, 0.1) is 6.92 Å². The Morgan fingerprint density at radius 3 is 2.95 bits per heavy atom. The molecule has 0 unspecified atom stereocenters. The molecule has 4 nitrogen and oxygen atoms in total. The average molecular weight is 291 g/mol. The number of nitrogens with one attached hydrogen (secondary N) is 2. The van der Waals surface area contributed by atoms with E-state index in [1.807, 2.05) is 11.3 Å². The third-order valence-electron chi connectivity index (χ3n) is 3.73. The number of thiophene rings is 1. The molecule has 0 aliphatic carbocycles. The van der Waals surface area contributed by atoms with E-state index in [0.29, 0.717) is 5.92 Å². The molecule has 0 radical (unpaired) electrons. The fourth-order valence-electron chi connectivity index (χ4n) is 2.61. The van der Waals surface area contributed by atoms with Gasteiger partial charge >= 0.3 is 0 Å². The van der Waals surface area contributed by atoms with Gasteiger partial charge in [-0.3, -0.25) is 0 Å². The first kappa shape index (κ1) is 13.8. The minimum Gasteiger partial charge on any atom is -0.360 e. The van der Waals surface area contributed by atoms with Gasteiger partial charge in [-0.1, -0.05) is 5.16 Å². The third kappa shape index (κ3) is 3.48. The van der Waals surface area contributed by atoms with Gasteiger partial charge < -0.3 is 15.2 Å². The zero-order valence-corrected chi connectivity index (χ0v) is 12.6. The fourth-order valence-corrected chi connectivity index (χ4v) is 3.47. The monoisotopic (exact) mass is 291 g/mol. The molecule has 5 heteroatoms. The molecular weight excluding hydrogens is 270 g/mol. The number of aryl methyl sites for hydroxylation is 1. The SMILES string of the molecule is Cc1ccc(CNCc2cc(C3CCNCC3)no2)s1. The molecule has 0 atom stereocenters. The zero-order chi connectivity index (χ0) is 13.8. The van der Waals surface area contributed by atoms with Crippen LogP contribution in [0.5, 0.6) is 0 Å². The van der Waals surface area contributed by atoms with E-state index in [1.54, 1.807) is 0 Å². The lowest BCUT2D eigenvalue weighted by molar-refractivity contribution is 0.354. The van der Waals surface area contributed by atoms with Crippen molar-refractivity contribution >= 4 is 11.3 Å². The van der Waals surface area contributed by atoms with E-state index in [-0.39, 0.29) is 0 Å². The van der Waals surface area contributed by atoms with Crippen molar-refractivity contribution in [1.29, 1.82) is 0 Å². The van der Waals surface area contributed by atoms with Gasteiger partial charge in [0.15, 0.2) is 5.76 Å². The van der Waals surface area contributed by atoms with Crippen LogP contribution in [-0.2, 0) is 13.1 Å². The molecule has 20 heavy (non-hydrogen) atoms. The molecule has 2 aromatic heterocycles. The molecule has 0 saturated carbocycles. The summed E-state index contributed by atoms with van der Waals surface area (Å²) in [7, 11) is 0. The Bertz CT molecular complexity index is 543. The number of rotatable bonds is 5. The minimum absolute atomic E-state index is 0.564. The summed E-state index contributed by atoms with van der Waals surface area (Å²) in [6.45, 7) is 5.94. The van der Waals surface area contributed by atoms with Crippen LogP contribution in [0.3, 0.4) is 0 Å². The summed E-state index contributed by atoms with van der Waals surface area (Å²) in [5.41, 5.74) is 1.12. The smallest absolute Gasteiger partial charge is 0.150 e. The fraction of sp³-hybridized carbons (Fsp3) is 0.533. The molecular formula is C15H21N3OS. The molecule has 3 rings (SSSR count). The lowest BCUT2D eigenvalue weighted by Gasteiger charge is -2.19. The van der Waals surface area contributed by atoms with Gasteiger partial charge in [-0.15, -0.1) is 11.3 Å². The van der Waals surface area contributed by atoms with E-state index >= 15 is 0 Å². The first-order chi connectivity index (χ1) is 9.81. The van der Waals surface area contributed by atoms with E-state index in [2.05, 4.69) is 40.9 Å². The maximum absolute atomic E-state index is 5.43. The average Bonchev–Trinajstić information content (AvgIpc) is 3.09. The molecule has 0 spiro atoms. The molecule has 0 bridgehead atoms. The number of aromatic nitrogens is 1. The maximum Gasteiger partial charge on any atom is 0.150 e. The van der Waals surface area contributed by atoms with Crippen molar-refractivity contribution in [1.82, 2.24) is 15.8 Å². The van der Waals surface area contributed by atoms with E-state index in [0.717, 1.165) is 50.5 Å². The number of piperidine rings is 1. The molecule has 1 fully saturated rings. The molecule has 2 aromatic rings. The van der Waals surface area contributed by atoms with Crippen LogP contribution < -0.4 is 10.6 Å². The summed E-state index contributed by atoms with van der Waals surface area (Å²) >= 11 is 1.84. The first-order valence-electron chi connectivity index (χ1n) is 7.23. The molecule has 1 aliphatic heterocycles. The maximum atomic E-state index is 5.43. The Morgan fingerprint density at radius 2 is 2.20 bits per heavy atom. The van der Waals surface area contributed by atoms with Gasteiger partial charge in [0.05, 0.1) is 12.2 Å². The molecule has 0 aromatic carbocycles. The van der Waals surface area contributed by atoms with Crippen LogP contribution in [0.4, 0.5) is 0 Å². The first-order valence-corrected chi connectivity index (χ1v) is 8.05. The van der Waals surface area contributed by atoms with Crippen LogP contribution in [0.15, 0.2) is 22.7 Å². The van der Waals surface area contributed by atoms with Gasteiger partial charge in [0.25, 0.3) is 0 Å².